The lowest BCUT2D eigenvalue weighted by molar-refractivity contribution is -0.123. The summed E-state index contributed by atoms with van der Waals surface area (Å²) in [4.78, 5) is 11.5. The van der Waals surface area contributed by atoms with Crippen molar-refractivity contribution < 1.29 is 13.9 Å². The molecule has 112 valence electrons. The van der Waals surface area contributed by atoms with Gasteiger partial charge in [0.15, 0.2) is 6.61 Å². The normalized spacial score (nSPS) is 11.0. The summed E-state index contributed by atoms with van der Waals surface area (Å²) in [7, 11) is 0. The van der Waals surface area contributed by atoms with Crippen LogP contribution >= 0.6 is 0 Å². The molecule has 0 aliphatic rings. The Bertz CT molecular complexity index is 652. The summed E-state index contributed by atoms with van der Waals surface area (Å²) in [5.74, 6) is -0.329. The van der Waals surface area contributed by atoms with Gasteiger partial charge in [-0.05, 0) is 35.9 Å². The fourth-order valence-corrected chi connectivity index (χ4v) is 1.58. The number of nitrogens with zero attached hydrogens (tertiary/aromatic N) is 1. The second kappa shape index (κ2) is 8.36. The Balaban J connectivity index is 1.70. The lowest BCUT2D eigenvalue weighted by atomic mass is 10.2. The van der Waals surface area contributed by atoms with Crippen LogP contribution in [-0.4, -0.2) is 18.7 Å². The Hall–Kier alpha value is -2.95. The first-order chi connectivity index (χ1) is 10.7. The van der Waals surface area contributed by atoms with E-state index in [-0.39, 0.29) is 12.4 Å². The van der Waals surface area contributed by atoms with Gasteiger partial charge in [0.1, 0.15) is 11.6 Å². The van der Waals surface area contributed by atoms with Crippen LogP contribution in [0.1, 0.15) is 5.56 Å². The number of nitrogens with one attached hydrogen (secondary N) is 1. The fourth-order valence-electron chi connectivity index (χ4n) is 1.58. The summed E-state index contributed by atoms with van der Waals surface area (Å²) in [6.45, 7) is -0.189. The second-order valence-electron chi connectivity index (χ2n) is 4.33. The van der Waals surface area contributed by atoms with Crippen molar-refractivity contribution in [1.29, 1.82) is 0 Å². The maximum atomic E-state index is 12.7. The minimum absolute atomic E-state index is 0.189. The van der Waals surface area contributed by atoms with Crippen LogP contribution in [0.15, 0.2) is 65.8 Å². The number of amides is 1. The monoisotopic (exact) mass is 298 g/mol. The molecule has 0 unspecified atom stereocenters. The number of hydrogen-bond donors (Lipinski definition) is 1. The summed E-state index contributed by atoms with van der Waals surface area (Å²) >= 11 is 0. The van der Waals surface area contributed by atoms with E-state index in [4.69, 9.17) is 4.74 Å². The van der Waals surface area contributed by atoms with Crippen molar-refractivity contribution in [3.8, 4) is 5.75 Å². The van der Waals surface area contributed by atoms with Crippen LogP contribution in [0.3, 0.4) is 0 Å². The van der Waals surface area contributed by atoms with Crippen LogP contribution in [-0.2, 0) is 4.79 Å². The van der Waals surface area contributed by atoms with Crippen molar-refractivity contribution in [1.82, 2.24) is 5.43 Å². The maximum Gasteiger partial charge on any atom is 0.277 e. The summed E-state index contributed by atoms with van der Waals surface area (Å²) < 4.78 is 17.9. The van der Waals surface area contributed by atoms with Gasteiger partial charge in [-0.1, -0.05) is 36.4 Å². The van der Waals surface area contributed by atoms with Crippen molar-refractivity contribution in [2.24, 2.45) is 5.10 Å². The van der Waals surface area contributed by atoms with Crippen molar-refractivity contribution in [3.05, 3.63) is 72.1 Å². The molecule has 0 aliphatic heterocycles. The third-order valence-electron chi connectivity index (χ3n) is 2.62. The van der Waals surface area contributed by atoms with E-state index in [0.717, 1.165) is 5.56 Å². The smallest absolute Gasteiger partial charge is 0.277 e. The molecule has 0 radical (unpaired) electrons. The predicted molar refractivity (Wildman–Crippen MR) is 84.0 cm³/mol. The molecule has 2 aromatic carbocycles. The molecule has 22 heavy (non-hydrogen) atoms. The topological polar surface area (TPSA) is 50.7 Å². The van der Waals surface area contributed by atoms with E-state index in [9.17, 15) is 9.18 Å². The first kappa shape index (κ1) is 15.4. The van der Waals surface area contributed by atoms with Gasteiger partial charge in [-0.3, -0.25) is 4.79 Å². The largest absolute Gasteiger partial charge is 0.484 e. The molecule has 0 saturated carbocycles. The van der Waals surface area contributed by atoms with Crippen LogP contribution < -0.4 is 10.2 Å². The molecule has 1 N–H and O–H groups in total. The molecule has 0 fully saturated rings. The number of allylic oxidation sites excluding steroid dienone is 1. The summed E-state index contributed by atoms with van der Waals surface area (Å²) in [6.07, 6.45) is 5.06. The van der Waals surface area contributed by atoms with Gasteiger partial charge in [-0.2, -0.15) is 5.10 Å². The van der Waals surface area contributed by atoms with Crippen molar-refractivity contribution in [2.75, 3.05) is 6.61 Å². The zero-order valence-corrected chi connectivity index (χ0v) is 11.8. The molecule has 2 aromatic rings. The minimum Gasteiger partial charge on any atom is -0.484 e. The SMILES string of the molecule is O=C(COc1ccc(F)cc1)N/N=C/C=C/c1ccccc1. The Morgan fingerprint density at radius 3 is 2.59 bits per heavy atom. The van der Waals surface area contributed by atoms with Gasteiger partial charge in [-0.25, -0.2) is 9.82 Å². The van der Waals surface area contributed by atoms with Crippen molar-refractivity contribution in [2.45, 2.75) is 0 Å². The van der Waals surface area contributed by atoms with Crippen LogP contribution in [0.25, 0.3) is 6.08 Å². The van der Waals surface area contributed by atoms with Gasteiger partial charge in [0.05, 0.1) is 0 Å². The number of halogens is 1. The molecule has 0 bridgehead atoms. The molecule has 0 atom stereocenters. The van der Waals surface area contributed by atoms with Crippen LogP contribution in [0, 0.1) is 5.82 Å². The summed E-state index contributed by atoms with van der Waals surface area (Å²) in [5.41, 5.74) is 3.37. The van der Waals surface area contributed by atoms with Crippen LogP contribution in [0.4, 0.5) is 4.39 Å². The molecule has 0 aliphatic carbocycles. The number of rotatable bonds is 6. The molecule has 0 saturated heterocycles. The molecule has 5 heteroatoms. The molecule has 2 rings (SSSR count). The number of hydrogen-bond acceptors (Lipinski definition) is 3. The predicted octanol–water partition coefficient (Wildman–Crippen LogP) is 3.02. The fraction of sp³-hybridized carbons (Fsp3) is 0.0588. The van der Waals surface area contributed by atoms with Gasteiger partial charge in [0, 0.05) is 6.21 Å². The zero-order chi connectivity index (χ0) is 15.6. The van der Waals surface area contributed by atoms with E-state index in [1.807, 2.05) is 36.4 Å². The highest BCUT2D eigenvalue weighted by atomic mass is 19.1. The average molecular weight is 298 g/mol. The highest BCUT2D eigenvalue weighted by Crippen LogP contribution is 2.10. The van der Waals surface area contributed by atoms with Gasteiger partial charge in [0.25, 0.3) is 5.91 Å². The van der Waals surface area contributed by atoms with Gasteiger partial charge < -0.3 is 4.74 Å². The van der Waals surface area contributed by atoms with Gasteiger partial charge in [0.2, 0.25) is 0 Å². The van der Waals surface area contributed by atoms with Crippen LogP contribution in [0.2, 0.25) is 0 Å². The van der Waals surface area contributed by atoms with E-state index in [2.05, 4.69) is 10.5 Å². The third-order valence-corrected chi connectivity index (χ3v) is 2.62. The first-order valence-electron chi connectivity index (χ1n) is 6.66. The lowest BCUT2D eigenvalue weighted by Gasteiger charge is -2.04. The molecular formula is C17H15FN2O2. The van der Waals surface area contributed by atoms with Crippen LogP contribution in [0.5, 0.6) is 5.75 Å². The maximum absolute atomic E-state index is 12.7. The minimum atomic E-state index is -0.395. The van der Waals surface area contributed by atoms with E-state index in [0.29, 0.717) is 5.75 Å². The summed E-state index contributed by atoms with van der Waals surface area (Å²) in [6, 6.07) is 15.2. The van der Waals surface area contributed by atoms with E-state index in [1.165, 1.54) is 30.5 Å². The summed E-state index contributed by atoms with van der Waals surface area (Å²) in [5, 5.41) is 3.76. The highest BCUT2D eigenvalue weighted by Gasteiger charge is 2.00. The molecule has 1 amide bonds. The van der Waals surface area contributed by atoms with Gasteiger partial charge >= 0.3 is 0 Å². The molecule has 4 nitrogen and oxygen atoms in total. The van der Waals surface area contributed by atoms with E-state index >= 15 is 0 Å². The molecule has 0 heterocycles. The van der Waals surface area contributed by atoms with E-state index < -0.39 is 5.91 Å². The number of hydrazone groups is 1. The quantitative estimate of drug-likeness (QED) is 0.658. The Morgan fingerprint density at radius 2 is 1.86 bits per heavy atom. The first-order valence-corrected chi connectivity index (χ1v) is 6.66. The Labute approximate surface area is 127 Å². The van der Waals surface area contributed by atoms with Crippen molar-refractivity contribution in [3.63, 3.8) is 0 Å². The lowest BCUT2D eigenvalue weighted by Crippen LogP contribution is -2.24. The number of carbonyl (C=O) groups is 1. The van der Waals surface area contributed by atoms with Crippen molar-refractivity contribution >= 4 is 18.2 Å². The number of carbonyl (C=O) groups excluding carboxylic acids is 1. The second-order valence-corrected chi connectivity index (χ2v) is 4.33. The number of benzene rings is 2. The third kappa shape index (κ3) is 5.58. The molecular weight excluding hydrogens is 283 g/mol. The van der Waals surface area contributed by atoms with E-state index in [1.54, 1.807) is 6.08 Å². The Morgan fingerprint density at radius 1 is 1.14 bits per heavy atom. The Kier molecular flexibility index (Phi) is 5.87. The molecule has 0 spiro atoms. The molecule has 0 aromatic heterocycles. The standard InChI is InChI=1S/C17H15FN2O2/c18-15-8-10-16(11-9-15)22-13-17(21)20-19-12-4-7-14-5-2-1-3-6-14/h1-12H,13H2,(H,20,21)/b7-4+,19-12+. The van der Waals surface area contributed by atoms with Gasteiger partial charge in [-0.15, -0.1) is 0 Å². The average Bonchev–Trinajstić information content (AvgIpc) is 2.55. The number of ether oxygens (including phenoxy) is 1. The zero-order valence-electron chi connectivity index (χ0n) is 11.8. The highest BCUT2D eigenvalue weighted by molar-refractivity contribution is 5.81.